The van der Waals surface area contributed by atoms with E-state index >= 15 is 0 Å². The van der Waals surface area contributed by atoms with Crippen LogP contribution in [-0.2, 0) is 0 Å². The fourth-order valence-corrected chi connectivity index (χ4v) is 4.03. The van der Waals surface area contributed by atoms with Crippen molar-refractivity contribution in [2.45, 2.75) is 116 Å². The molecule has 136 valence electrons. The van der Waals surface area contributed by atoms with Crippen molar-refractivity contribution >= 4 is 0 Å². The Morgan fingerprint density at radius 2 is 0.625 bits per heavy atom. The van der Waals surface area contributed by atoms with Crippen LogP contribution in [0, 0.1) is 0 Å². The normalized spacial score (nSPS) is 25.0. The molecule has 0 atom stereocenters. The van der Waals surface area contributed by atoms with Crippen molar-refractivity contribution in [2.75, 3.05) is 0 Å². The standard InChI is InChI=1S/2C9H19N.2HI.2Li/c2*1-8(2)6-5-7-9(3,4)10-8;;;;/h2*10H,5-7H2,1-4H3;2*1H;;/q;;;;2*+1/p-2. The summed E-state index contributed by atoms with van der Waals surface area (Å²) in [7, 11) is 0. The average molecular weight is 550 g/mol. The molecule has 2 rings (SSSR count). The maximum atomic E-state index is 3.63. The van der Waals surface area contributed by atoms with Crippen LogP contribution >= 0.6 is 0 Å². The van der Waals surface area contributed by atoms with E-state index < -0.39 is 0 Å². The molecule has 0 spiro atoms. The topological polar surface area (TPSA) is 24.1 Å². The minimum Gasteiger partial charge on any atom is -1.00 e. The zero-order valence-corrected chi connectivity index (χ0v) is 22.3. The van der Waals surface area contributed by atoms with Crippen LogP contribution in [0.3, 0.4) is 0 Å². The molecule has 2 saturated heterocycles. The first-order valence-corrected chi connectivity index (χ1v) is 8.41. The van der Waals surface area contributed by atoms with Crippen molar-refractivity contribution in [1.29, 1.82) is 0 Å². The molecular weight excluding hydrogens is 512 g/mol. The van der Waals surface area contributed by atoms with Gasteiger partial charge < -0.3 is 58.6 Å². The Labute approximate surface area is 210 Å². The summed E-state index contributed by atoms with van der Waals surface area (Å²) in [5.41, 5.74) is 1.45. The van der Waals surface area contributed by atoms with E-state index in [2.05, 4.69) is 66.0 Å². The first-order chi connectivity index (χ1) is 8.83. The van der Waals surface area contributed by atoms with Gasteiger partial charge in [-0.1, -0.05) is 0 Å². The Bertz CT molecular complexity index is 273. The summed E-state index contributed by atoms with van der Waals surface area (Å²) in [5, 5.41) is 7.26. The van der Waals surface area contributed by atoms with Crippen molar-refractivity contribution in [3.8, 4) is 0 Å². The third-order valence-corrected chi connectivity index (χ3v) is 4.56. The third-order valence-electron chi connectivity index (χ3n) is 4.56. The molecule has 2 aliphatic rings. The Morgan fingerprint density at radius 3 is 0.708 bits per heavy atom. The van der Waals surface area contributed by atoms with Gasteiger partial charge in [0.25, 0.3) is 0 Å². The van der Waals surface area contributed by atoms with Crippen LogP contribution in [0.5, 0.6) is 0 Å². The fraction of sp³-hybridized carbons (Fsp3) is 1.00. The van der Waals surface area contributed by atoms with E-state index in [0.29, 0.717) is 22.2 Å². The van der Waals surface area contributed by atoms with Gasteiger partial charge in [-0.25, -0.2) is 0 Å². The van der Waals surface area contributed by atoms with E-state index in [4.69, 9.17) is 0 Å². The molecular formula is C18H38I2Li2N2. The molecule has 0 saturated carbocycles. The number of halogens is 2. The summed E-state index contributed by atoms with van der Waals surface area (Å²) in [6, 6.07) is 0. The minimum atomic E-state index is 0. The zero-order chi connectivity index (χ0) is 15.7. The summed E-state index contributed by atoms with van der Waals surface area (Å²) in [5.74, 6) is 0. The van der Waals surface area contributed by atoms with Crippen LogP contribution in [-0.4, -0.2) is 22.2 Å². The quantitative estimate of drug-likeness (QED) is 0.232. The summed E-state index contributed by atoms with van der Waals surface area (Å²) in [4.78, 5) is 0. The molecule has 0 amide bonds. The minimum absolute atomic E-state index is 0. The van der Waals surface area contributed by atoms with Crippen LogP contribution in [0.1, 0.15) is 93.9 Å². The SMILES string of the molecule is CC1(C)CCCC(C)(C)N1.CC1(C)CCCC(C)(C)N1.[I-].[I-].[Li+].[Li+]. The molecule has 6 heteroatoms. The number of rotatable bonds is 0. The molecule has 2 nitrogen and oxygen atoms in total. The Balaban J connectivity index is -0.000000143. The number of hydrogen-bond donors (Lipinski definition) is 2. The van der Waals surface area contributed by atoms with Crippen molar-refractivity contribution in [1.82, 2.24) is 10.6 Å². The summed E-state index contributed by atoms with van der Waals surface area (Å²) < 4.78 is 0. The second-order valence-electron chi connectivity index (χ2n) is 9.49. The number of nitrogens with one attached hydrogen (secondary N) is 2. The van der Waals surface area contributed by atoms with Gasteiger partial charge in [-0.2, -0.15) is 0 Å². The van der Waals surface area contributed by atoms with E-state index in [1.54, 1.807) is 0 Å². The Morgan fingerprint density at radius 1 is 0.458 bits per heavy atom. The molecule has 0 aromatic carbocycles. The predicted molar refractivity (Wildman–Crippen MR) is 90.3 cm³/mol. The molecule has 0 aliphatic carbocycles. The van der Waals surface area contributed by atoms with E-state index in [9.17, 15) is 0 Å². The van der Waals surface area contributed by atoms with Crippen molar-refractivity contribution in [2.24, 2.45) is 0 Å². The van der Waals surface area contributed by atoms with Crippen LogP contribution < -0.4 is 96.3 Å². The molecule has 2 fully saturated rings. The van der Waals surface area contributed by atoms with Crippen LogP contribution in [0.2, 0.25) is 0 Å². The molecule has 0 bridgehead atoms. The smallest absolute Gasteiger partial charge is 1.00 e. The van der Waals surface area contributed by atoms with Crippen LogP contribution in [0.4, 0.5) is 0 Å². The molecule has 0 radical (unpaired) electrons. The number of piperidine rings is 2. The molecule has 2 N–H and O–H groups in total. The van der Waals surface area contributed by atoms with Gasteiger partial charge in [-0.05, 0) is 93.9 Å². The molecule has 0 unspecified atom stereocenters. The van der Waals surface area contributed by atoms with Gasteiger partial charge in [-0.15, -0.1) is 0 Å². The van der Waals surface area contributed by atoms with Gasteiger partial charge in [-0.3, -0.25) is 0 Å². The van der Waals surface area contributed by atoms with Gasteiger partial charge in [0.05, 0.1) is 0 Å². The van der Waals surface area contributed by atoms with Gasteiger partial charge in [0.2, 0.25) is 0 Å². The summed E-state index contributed by atoms with van der Waals surface area (Å²) >= 11 is 0. The monoisotopic (exact) mass is 550 g/mol. The second-order valence-corrected chi connectivity index (χ2v) is 9.49. The third kappa shape index (κ3) is 14.6. The van der Waals surface area contributed by atoms with E-state index in [0.717, 1.165) is 0 Å². The van der Waals surface area contributed by atoms with Crippen LogP contribution in [0.25, 0.3) is 0 Å². The Kier molecular flexibility index (Phi) is 18.4. The largest absolute Gasteiger partial charge is 1.00 e. The molecule has 0 aromatic heterocycles. The number of hydrogen-bond acceptors (Lipinski definition) is 2. The Hall–Kier alpha value is 2.57. The molecule has 0 aromatic rings. The van der Waals surface area contributed by atoms with E-state index in [-0.39, 0.29) is 85.7 Å². The average Bonchev–Trinajstić information content (AvgIpc) is 2.09. The van der Waals surface area contributed by atoms with Gasteiger partial charge in [0, 0.05) is 22.2 Å². The first-order valence-electron chi connectivity index (χ1n) is 8.41. The van der Waals surface area contributed by atoms with E-state index in [1.165, 1.54) is 38.5 Å². The van der Waals surface area contributed by atoms with E-state index in [1.807, 2.05) is 0 Å². The predicted octanol–water partition coefficient (Wildman–Crippen LogP) is -7.35. The van der Waals surface area contributed by atoms with Gasteiger partial charge >= 0.3 is 37.7 Å². The molecule has 24 heavy (non-hydrogen) atoms. The zero-order valence-electron chi connectivity index (χ0n) is 18.0. The van der Waals surface area contributed by atoms with Gasteiger partial charge in [0.15, 0.2) is 0 Å². The molecule has 2 heterocycles. The first kappa shape index (κ1) is 34.1. The molecule has 2 aliphatic heterocycles. The van der Waals surface area contributed by atoms with Gasteiger partial charge in [0.1, 0.15) is 0 Å². The summed E-state index contributed by atoms with van der Waals surface area (Å²) in [6.07, 6.45) is 8.00. The van der Waals surface area contributed by atoms with Crippen molar-refractivity contribution in [3.63, 3.8) is 0 Å². The van der Waals surface area contributed by atoms with Crippen molar-refractivity contribution < 1.29 is 85.7 Å². The maximum Gasteiger partial charge on any atom is 1.00 e. The van der Waals surface area contributed by atoms with Crippen molar-refractivity contribution in [3.05, 3.63) is 0 Å². The van der Waals surface area contributed by atoms with Crippen LogP contribution in [0.15, 0.2) is 0 Å². The second kappa shape index (κ2) is 12.9. The fourth-order valence-electron chi connectivity index (χ4n) is 4.03. The summed E-state index contributed by atoms with van der Waals surface area (Å²) in [6.45, 7) is 18.3. The maximum absolute atomic E-state index is 3.63.